The summed E-state index contributed by atoms with van der Waals surface area (Å²) in [6.07, 6.45) is 8.15. The summed E-state index contributed by atoms with van der Waals surface area (Å²) >= 11 is 0. The van der Waals surface area contributed by atoms with E-state index in [1.165, 1.54) is 0 Å². The predicted octanol–water partition coefficient (Wildman–Crippen LogP) is 1.99. The van der Waals surface area contributed by atoms with Gasteiger partial charge in [-0.1, -0.05) is 6.92 Å². The number of nitrogens with zero attached hydrogens (tertiary/aromatic N) is 4. The van der Waals surface area contributed by atoms with Crippen molar-refractivity contribution in [2.45, 2.75) is 58.7 Å². The molecular formula is C16H28N4O. The number of imidazole rings is 1. The van der Waals surface area contributed by atoms with Crippen LogP contribution in [0, 0.1) is 0 Å². The molecule has 1 aliphatic heterocycles. The Labute approximate surface area is 127 Å². The van der Waals surface area contributed by atoms with Crippen LogP contribution < -0.4 is 0 Å². The molecule has 5 nitrogen and oxygen atoms in total. The highest BCUT2D eigenvalue weighted by Gasteiger charge is 2.29. The molecular weight excluding hydrogens is 264 g/mol. The Balaban J connectivity index is 1.77. The highest BCUT2D eigenvalue weighted by atomic mass is 16.2. The van der Waals surface area contributed by atoms with E-state index in [2.05, 4.69) is 35.6 Å². The zero-order valence-electron chi connectivity index (χ0n) is 13.5. The van der Waals surface area contributed by atoms with Crippen LogP contribution in [0.1, 0.15) is 40.0 Å². The van der Waals surface area contributed by atoms with Gasteiger partial charge in [-0.25, -0.2) is 4.98 Å². The largest absolute Gasteiger partial charge is 0.340 e. The average Bonchev–Trinajstić information content (AvgIpc) is 2.99. The van der Waals surface area contributed by atoms with Crippen LogP contribution in [-0.2, 0) is 11.3 Å². The maximum absolute atomic E-state index is 12.3. The van der Waals surface area contributed by atoms with E-state index < -0.39 is 0 Å². The summed E-state index contributed by atoms with van der Waals surface area (Å²) in [4.78, 5) is 20.9. The van der Waals surface area contributed by atoms with Gasteiger partial charge in [0.05, 0.1) is 6.33 Å². The van der Waals surface area contributed by atoms with E-state index >= 15 is 0 Å². The topological polar surface area (TPSA) is 41.4 Å². The molecule has 1 atom stereocenters. The van der Waals surface area contributed by atoms with Gasteiger partial charge in [0, 0.05) is 57.1 Å². The van der Waals surface area contributed by atoms with E-state index in [9.17, 15) is 4.79 Å². The fourth-order valence-corrected chi connectivity index (χ4v) is 3.13. The standard InChI is InChI=1S/C16H28N4O/c1-4-15-12-19(10-11-20(15)14(2)3)16(21)6-5-8-18-9-7-17-13-18/h7,9,13-15H,4-6,8,10-12H2,1-3H3/t15-/m0/s1. The van der Waals surface area contributed by atoms with Gasteiger partial charge in [-0.2, -0.15) is 0 Å². The predicted molar refractivity (Wildman–Crippen MR) is 84.0 cm³/mol. The van der Waals surface area contributed by atoms with Gasteiger partial charge in [-0.05, 0) is 26.7 Å². The van der Waals surface area contributed by atoms with Crippen LogP contribution in [0.3, 0.4) is 0 Å². The van der Waals surface area contributed by atoms with E-state index in [1.807, 2.05) is 10.8 Å². The van der Waals surface area contributed by atoms with Crippen molar-refractivity contribution >= 4 is 5.91 Å². The van der Waals surface area contributed by atoms with Crippen LogP contribution in [0.5, 0.6) is 0 Å². The lowest BCUT2D eigenvalue weighted by molar-refractivity contribution is -0.134. The van der Waals surface area contributed by atoms with Crippen molar-refractivity contribution in [1.82, 2.24) is 19.4 Å². The Morgan fingerprint density at radius 1 is 1.38 bits per heavy atom. The number of carbonyl (C=O) groups is 1. The average molecular weight is 292 g/mol. The number of rotatable bonds is 6. The first-order chi connectivity index (χ1) is 10.1. The van der Waals surface area contributed by atoms with Gasteiger partial charge in [-0.15, -0.1) is 0 Å². The molecule has 0 bridgehead atoms. The summed E-state index contributed by atoms with van der Waals surface area (Å²) in [6.45, 7) is 10.3. The van der Waals surface area contributed by atoms with Crippen molar-refractivity contribution in [3.8, 4) is 0 Å². The third-order valence-electron chi connectivity index (χ3n) is 4.38. The van der Waals surface area contributed by atoms with E-state index in [0.29, 0.717) is 24.4 Å². The number of carbonyl (C=O) groups excluding carboxylic acids is 1. The lowest BCUT2D eigenvalue weighted by atomic mass is 10.1. The second-order valence-corrected chi connectivity index (χ2v) is 6.14. The van der Waals surface area contributed by atoms with Crippen molar-refractivity contribution in [2.24, 2.45) is 0 Å². The third-order valence-corrected chi connectivity index (χ3v) is 4.38. The highest BCUT2D eigenvalue weighted by molar-refractivity contribution is 5.76. The lowest BCUT2D eigenvalue weighted by Gasteiger charge is -2.43. The molecule has 1 saturated heterocycles. The zero-order chi connectivity index (χ0) is 15.2. The smallest absolute Gasteiger partial charge is 0.222 e. The quantitative estimate of drug-likeness (QED) is 0.805. The van der Waals surface area contributed by atoms with Gasteiger partial charge < -0.3 is 9.47 Å². The first-order valence-electron chi connectivity index (χ1n) is 8.11. The van der Waals surface area contributed by atoms with E-state index in [-0.39, 0.29) is 0 Å². The number of aromatic nitrogens is 2. The summed E-state index contributed by atoms with van der Waals surface area (Å²) in [5.41, 5.74) is 0. The van der Waals surface area contributed by atoms with Crippen LogP contribution >= 0.6 is 0 Å². The van der Waals surface area contributed by atoms with Crippen LogP contribution in [0.4, 0.5) is 0 Å². The Kier molecular flexibility index (Phi) is 5.79. The number of aryl methyl sites for hydroxylation is 1. The van der Waals surface area contributed by atoms with Crippen molar-refractivity contribution in [3.05, 3.63) is 18.7 Å². The molecule has 1 aliphatic rings. The molecule has 0 aliphatic carbocycles. The number of piperazine rings is 1. The molecule has 0 aromatic carbocycles. The number of hydrogen-bond donors (Lipinski definition) is 0. The summed E-state index contributed by atoms with van der Waals surface area (Å²) in [6, 6.07) is 1.07. The number of hydrogen-bond acceptors (Lipinski definition) is 3. The van der Waals surface area contributed by atoms with Gasteiger partial charge in [0.25, 0.3) is 0 Å². The summed E-state index contributed by atoms with van der Waals surface area (Å²) < 4.78 is 2.03. The Morgan fingerprint density at radius 2 is 2.19 bits per heavy atom. The van der Waals surface area contributed by atoms with Crippen molar-refractivity contribution in [3.63, 3.8) is 0 Å². The van der Waals surface area contributed by atoms with Gasteiger partial charge in [0.2, 0.25) is 5.91 Å². The fourth-order valence-electron chi connectivity index (χ4n) is 3.13. The second kappa shape index (κ2) is 7.59. The fraction of sp³-hybridized carbons (Fsp3) is 0.750. The number of amides is 1. The van der Waals surface area contributed by atoms with Gasteiger partial charge in [0.1, 0.15) is 0 Å². The van der Waals surface area contributed by atoms with Crippen LogP contribution in [-0.4, -0.2) is 57.0 Å². The van der Waals surface area contributed by atoms with E-state index in [4.69, 9.17) is 0 Å². The van der Waals surface area contributed by atoms with Crippen molar-refractivity contribution < 1.29 is 4.79 Å². The summed E-state index contributed by atoms with van der Waals surface area (Å²) in [7, 11) is 0. The minimum absolute atomic E-state index is 0.303. The van der Waals surface area contributed by atoms with E-state index in [1.54, 1.807) is 12.5 Å². The van der Waals surface area contributed by atoms with Crippen LogP contribution in [0.15, 0.2) is 18.7 Å². The third kappa shape index (κ3) is 4.30. The minimum atomic E-state index is 0.303. The molecule has 0 saturated carbocycles. The molecule has 118 valence electrons. The van der Waals surface area contributed by atoms with E-state index in [0.717, 1.165) is 39.0 Å². The zero-order valence-corrected chi connectivity index (χ0v) is 13.5. The molecule has 1 amide bonds. The first-order valence-corrected chi connectivity index (χ1v) is 8.11. The van der Waals surface area contributed by atoms with Gasteiger partial charge in [0.15, 0.2) is 0 Å². The molecule has 2 heterocycles. The molecule has 0 spiro atoms. The van der Waals surface area contributed by atoms with Crippen molar-refractivity contribution in [1.29, 1.82) is 0 Å². The molecule has 1 fully saturated rings. The molecule has 0 N–H and O–H groups in total. The lowest BCUT2D eigenvalue weighted by Crippen LogP contribution is -2.56. The molecule has 2 rings (SSSR count). The Morgan fingerprint density at radius 3 is 2.81 bits per heavy atom. The highest BCUT2D eigenvalue weighted by Crippen LogP contribution is 2.17. The SMILES string of the molecule is CC[C@H]1CN(C(=O)CCCn2ccnc2)CCN1C(C)C. The van der Waals surface area contributed by atoms with Gasteiger partial charge >= 0.3 is 0 Å². The second-order valence-electron chi connectivity index (χ2n) is 6.14. The Bertz CT molecular complexity index is 429. The van der Waals surface area contributed by atoms with Crippen LogP contribution in [0.2, 0.25) is 0 Å². The summed E-state index contributed by atoms with van der Waals surface area (Å²) in [5.74, 6) is 0.303. The van der Waals surface area contributed by atoms with Gasteiger partial charge in [-0.3, -0.25) is 9.69 Å². The monoisotopic (exact) mass is 292 g/mol. The first kappa shape index (κ1) is 16.0. The van der Waals surface area contributed by atoms with Crippen LogP contribution in [0.25, 0.3) is 0 Å². The minimum Gasteiger partial charge on any atom is -0.340 e. The Hall–Kier alpha value is -1.36. The normalized spacial score (nSPS) is 20.2. The maximum atomic E-state index is 12.3. The van der Waals surface area contributed by atoms with Crippen molar-refractivity contribution in [2.75, 3.05) is 19.6 Å². The molecule has 21 heavy (non-hydrogen) atoms. The molecule has 1 aromatic heterocycles. The summed E-state index contributed by atoms with van der Waals surface area (Å²) in [5, 5.41) is 0. The molecule has 1 aromatic rings. The molecule has 0 unspecified atom stereocenters. The molecule has 5 heteroatoms. The maximum Gasteiger partial charge on any atom is 0.222 e. The molecule has 0 radical (unpaired) electrons.